The zero-order valence-corrected chi connectivity index (χ0v) is 20.2. The van der Waals surface area contributed by atoms with Crippen LogP contribution in [0.2, 0.25) is 0 Å². The molecule has 0 saturated heterocycles. The Bertz CT molecular complexity index is 1130. The maximum absolute atomic E-state index is 13.4. The maximum Gasteiger partial charge on any atom is 0.259 e. The number of hydrogen-bond donors (Lipinski definition) is 2. The van der Waals surface area contributed by atoms with Crippen molar-refractivity contribution in [2.45, 2.75) is 39.0 Å². The van der Waals surface area contributed by atoms with E-state index in [-0.39, 0.29) is 48.9 Å². The second-order valence-corrected chi connectivity index (χ2v) is 8.84. The summed E-state index contributed by atoms with van der Waals surface area (Å²) in [5, 5.41) is 19.2. The minimum absolute atomic E-state index is 0.104. The van der Waals surface area contributed by atoms with Crippen molar-refractivity contribution < 1.29 is 28.9 Å². The molecule has 0 unspecified atom stereocenters. The normalized spacial score (nSPS) is 19.3. The first-order chi connectivity index (χ1) is 16.6. The second-order valence-electron chi connectivity index (χ2n) is 8.84. The van der Waals surface area contributed by atoms with Crippen molar-refractivity contribution in [3.05, 3.63) is 59.0 Å². The van der Waals surface area contributed by atoms with E-state index < -0.39 is 24.1 Å². The Kier molecular flexibility index (Phi) is 8.43. The lowest BCUT2D eigenvalue weighted by atomic mass is 9.99. The van der Waals surface area contributed by atoms with Crippen LogP contribution in [-0.4, -0.2) is 81.8 Å². The van der Waals surface area contributed by atoms with Crippen LogP contribution in [0.1, 0.15) is 47.1 Å². The molecule has 1 aromatic heterocycles. The Balaban J connectivity index is 1.94. The number of aliphatic hydroxyl groups excluding tert-OH is 2. The number of ether oxygens (including phenoxy) is 1. The summed E-state index contributed by atoms with van der Waals surface area (Å²) in [5.74, 6) is 4.23. The molecule has 4 atom stereocenters. The minimum Gasteiger partial charge on any atom is -0.472 e. The molecule has 0 bridgehead atoms. The van der Waals surface area contributed by atoms with Gasteiger partial charge in [0, 0.05) is 36.8 Å². The number of rotatable bonds is 5. The van der Waals surface area contributed by atoms with E-state index in [1.807, 2.05) is 6.92 Å². The molecule has 0 radical (unpaired) electrons. The number of hydrogen-bond acceptors (Lipinski definition) is 6. The number of nitrogens with zero attached hydrogens (tertiary/aromatic N) is 3. The highest BCUT2D eigenvalue weighted by molar-refractivity contribution is 5.97. The Morgan fingerprint density at radius 3 is 2.66 bits per heavy atom. The average molecular weight is 484 g/mol. The van der Waals surface area contributed by atoms with Crippen LogP contribution in [0.5, 0.6) is 5.88 Å². The third-order valence-electron chi connectivity index (χ3n) is 5.84. The fourth-order valence-electron chi connectivity index (χ4n) is 3.74. The Morgan fingerprint density at radius 2 is 2.03 bits per heavy atom. The molecule has 186 valence electrons. The molecule has 2 N–H and O–H groups in total. The van der Waals surface area contributed by atoms with E-state index in [1.54, 1.807) is 24.9 Å². The van der Waals surface area contributed by atoms with Gasteiger partial charge in [-0.15, -0.1) is 0 Å². The summed E-state index contributed by atoms with van der Waals surface area (Å²) in [5.41, 5.74) is 0.969. The molecule has 9 heteroatoms. The van der Waals surface area contributed by atoms with Crippen molar-refractivity contribution in [3.8, 4) is 17.7 Å². The Labute approximate surface area is 204 Å². The number of fused-ring (bicyclic) bond motifs is 1. The molecule has 3 rings (SSSR count). The fraction of sp³-hybridized carbons (Fsp3) is 0.423. The molecule has 2 aromatic rings. The van der Waals surface area contributed by atoms with Gasteiger partial charge in [0.15, 0.2) is 0 Å². The van der Waals surface area contributed by atoms with Gasteiger partial charge in [-0.05, 0) is 44.2 Å². The van der Waals surface area contributed by atoms with E-state index in [9.17, 15) is 24.2 Å². The fourth-order valence-corrected chi connectivity index (χ4v) is 3.74. The molecule has 0 spiro atoms. The van der Waals surface area contributed by atoms with E-state index in [2.05, 4.69) is 16.8 Å². The van der Waals surface area contributed by atoms with Crippen molar-refractivity contribution in [1.82, 2.24) is 14.8 Å². The molecule has 0 aliphatic carbocycles. The summed E-state index contributed by atoms with van der Waals surface area (Å²) in [6, 6.07) is 6.40. The molecule has 2 amide bonds. The number of amides is 2. The first-order valence-electron chi connectivity index (χ1n) is 11.4. The molecule has 1 aliphatic heterocycles. The van der Waals surface area contributed by atoms with Gasteiger partial charge in [0.05, 0.1) is 19.2 Å². The minimum atomic E-state index is -0.839. The lowest BCUT2D eigenvalue weighted by molar-refractivity contribution is 0.0313. The van der Waals surface area contributed by atoms with Crippen LogP contribution < -0.4 is 4.74 Å². The molecular weight excluding hydrogens is 453 g/mol. The topological polar surface area (TPSA) is 103 Å². The van der Waals surface area contributed by atoms with Gasteiger partial charge in [0.1, 0.15) is 23.6 Å². The van der Waals surface area contributed by atoms with Crippen LogP contribution in [-0.2, 0) is 0 Å². The molecule has 1 aromatic carbocycles. The van der Waals surface area contributed by atoms with Crippen LogP contribution in [0.25, 0.3) is 0 Å². The standard InChI is InChI=1S/C26H30FN3O5/c1-16-13-30(17(2)15-31)26(34)22-11-19(6-5-18(3)32)12-28-24(22)35-23(16)14-29(4)25(33)20-7-9-21(27)10-8-20/h7-12,16-18,23,31-32H,13-15H2,1-4H3/t16-,17-,18-,23-/m1/s1. The quantitative estimate of drug-likeness (QED) is 0.631. The number of carbonyl (C=O) groups excluding carboxylic acids is 2. The summed E-state index contributed by atoms with van der Waals surface area (Å²) in [7, 11) is 1.63. The molecule has 35 heavy (non-hydrogen) atoms. The van der Waals surface area contributed by atoms with Gasteiger partial charge in [-0.2, -0.15) is 0 Å². The van der Waals surface area contributed by atoms with Gasteiger partial charge < -0.3 is 24.7 Å². The monoisotopic (exact) mass is 483 g/mol. The van der Waals surface area contributed by atoms with Crippen LogP contribution >= 0.6 is 0 Å². The second kappa shape index (κ2) is 11.3. The van der Waals surface area contributed by atoms with Crippen molar-refractivity contribution in [3.63, 3.8) is 0 Å². The van der Waals surface area contributed by atoms with E-state index >= 15 is 0 Å². The first-order valence-corrected chi connectivity index (χ1v) is 11.4. The van der Waals surface area contributed by atoms with Gasteiger partial charge >= 0.3 is 0 Å². The molecule has 0 saturated carbocycles. The zero-order valence-electron chi connectivity index (χ0n) is 20.2. The number of halogens is 1. The average Bonchev–Trinajstić information content (AvgIpc) is 2.84. The molecule has 2 heterocycles. The van der Waals surface area contributed by atoms with Crippen molar-refractivity contribution in [1.29, 1.82) is 0 Å². The number of likely N-dealkylation sites (N-methyl/N-ethyl adjacent to an activating group) is 1. The number of pyridine rings is 1. The van der Waals surface area contributed by atoms with Crippen LogP contribution in [0.4, 0.5) is 4.39 Å². The maximum atomic E-state index is 13.4. The van der Waals surface area contributed by atoms with E-state index in [1.165, 1.54) is 42.3 Å². The number of aliphatic hydroxyl groups is 2. The number of carbonyl (C=O) groups is 2. The smallest absolute Gasteiger partial charge is 0.259 e. The van der Waals surface area contributed by atoms with Crippen molar-refractivity contribution in [2.75, 3.05) is 26.7 Å². The van der Waals surface area contributed by atoms with Crippen LogP contribution in [0, 0.1) is 23.6 Å². The first kappa shape index (κ1) is 26.1. The summed E-state index contributed by atoms with van der Waals surface area (Å²) < 4.78 is 19.4. The van der Waals surface area contributed by atoms with Gasteiger partial charge in [-0.3, -0.25) is 9.59 Å². The highest BCUT2D eigenvalue weighted by Crippen LogP contribution is 2.27. The summed E-state index contributed by atoms with van der Waals surface area (Å²) in [6.45, 7) is 5.43. The third kappa shape index (κ3) is 6.35. The largest absolute Gasteiger partial charge is 0.472 e. The lowest BCUT2D eigenvalue weighted by Gasteiger charge is -2.37. The van der Waals surface area contributed by atoms with Gasteiger partial charge in [0.25, 0.3) is 11.8 Å². The van der Waals surface area contributed by atoms with Crippen LogP contribution in [0.3, 0.4) is 0 Å². The highest BCUT2D eigenvalue weighted by Gasteiger charge is 2.34. The molecule has 1 aliphatic rings. The van der Waals surface area contributed by atoms with Crippen molar-refractivity contribution >= 4 is 11.8 Å². The summed E-state index contributed by atoms with van der Waals surface area (Å²) in [6.07, 6.45) is 0.0960. The van der Waals surface area contributed by atoms with Gasteiger partial charge in [-0.25, -0.2) is 9.37 Å². The van der Waals surface area contributed by atoms with Crippen LogP contribution in [0.15, 0.2) is 36.5 Å². The zero-order chi connectivity index (χ0) is 25.7. The third-order valence-corrected chi connectivity index (χ3v) is 5.84. The Hall–Kier alpha value is -3.48. The molecular formula is C26H30FN3O5. The molecule has 8 nitrogen and oxygen atoms in total. The van der Waals surface area contributed by atoms with Crippen molar-refractivity contribution in [2.24, 2.45) is 5.92 Å². The lowest BCUT2D eigenvalue weighted by Crippen LogP contribution is -2.50. The summed E-state index contributed by atoms with van der Waals surface area (Å²) >= 11 is 0. The van der Waals surface area contributed by atoms with Gasteiger partial charge in [-0.1, -0.05) is 18.8 Å². The van der Waals surface area contributed by atoms with E-state index in [0.29, 0.717) is 11.1 Å². The summed E-state index contributed by atoms with van der Waals surface area (Å²) in [4.78, 5) is 33.6. The number of benzene rings is 1. The van der Waals surface area contributed by atoms with Gasteiger partial charge in [0.2, 0.25) is 5.88 Å². The number of aromatic nitrogens is 1. The predicted octanol–water partition coefficient (Wildman–Crippen LogP) is 1.95. The Morgan fingerprint density at radius 1 is 1.34 bits per heavy atom. The van der Waals surface area contributed by atoms with E-state index in [0.717, 1.165) is 0 Å². The van der Waals surface area contributed by atoms with E-state index in [4.69, 9.17) is 4.74 Å². The highest BCUT2D eigenvalue weighted by atomic mass is 19.1. The predicted molar refractivity (Wildman–Crippen MR) is 127 cm³/mol. The molecule has 0 fully saturated rings. The SMILES string of the molecule is C[C@@H]1CN([C@H](C)CO)C(=O)c2cc(C#C[C@@H](C)O)cnc2O[C@@H]1CN(C)C(=O)c1ccc(F)cc1.